The second-order valence-corrected chi connectivity index (χ2v) is 7.67. The normalized spacial score (nSPS) is 10.8. The lowest BCUT2D eigenvalue weighted by Crippen LogP contribution is -2.40. The van der Waals surface area contributed by atoms with E-state index in [1.165, 1.54) is 0 Å². The van der Waals surface area contributed by atoms with Gasteiger partial charge in [-0.1, -0.05) is 19.1 Å². The number of carbonyl (C=O) groups excluding carboxylic acids is 3. The Bertz CT molecular complexity index is 888. The Morgan fingerprint density at radius 1 is 0.828 bits per heavy atom. The minimum absolute atomic E-state index is 0.0376. The molecule has 2 aromatic rings. The summed E-state index contributed by atoms with van der Waals surface area (Å²) in [6.07, 6.45) is 0.382. The maximum absolute atomic E-state index is 12.3. The zero-order valence-electron chi connectivity index (χ0n) is 17.3. The molecule has 2 aromatic carbocycles. The predicted molar refractivity (Wildman–Crippen MR) is 116 cm³/mol. The quantitative estimate of drug-likeness (QED) is 0.574. The van der Waals surface area contributed by atoms with Crippen molar-refractivity contribution in [2.24, 2.45) is 0 Å². The van der Waals surface area contributed by atoms with Crippen LogP contribution in [0.2, 0.25) is 0 Å². The molecule has 7 nitrogen and oxygen atoms in total. The molecule has 0 aromatic heterocycles. The van der Waals surface area contributed by atoms with Crippen molar-refractivity contribution >= 4 is 34.8 Å². The molecule has 2 rings (SSSR count). The van der Waals surface area contributed by atoms with Crippen molar-refractivity contribution in [3.8, 4) is 0 Å². The van der Waals surface area contributed by atoms with Crippen molar-refractivity contribution in [1.29, 1.82) is 0 Å². The van der Waals surface area contributed by atoms with Crippen molar-refractivity contribution in [3.05, 3.63) is 54.1 Å². The number of amides is 3. The number of carbonyl (C=O) groups is 3. The maximum Gasteiger partial charge on any atom is 0.251 e. The van der Waals surface area contributed by atoms with Crippen molar-refractivity contribution in [2.45, 2.75) is 39.7 Å². The van der Waals surface area contributed by atoms with E-state index in [2.05, 4.69) is 21.3 Å². The van der Waals surface area contributed by atoms with Crippen molar-refractivity contribution in [2.75, 3.05) is 22.5 Å². The fourth-order valence-corrected chi connectivity index (χ4v) is 2.49. The lowest BCUT2D eigenvalue weighted by atomic mass is 10.1. The Kier molecular flexibility index (Phi) is 7.36. The van der Waals surface area contributed by atoms with E-state index in [9.17, 15) is 14.4 Å². The van der Waals surface area contributed by atoms with Crippen molar-refractivity contribution < 1.29 is 14.4 Å². The lowest BCUT2D eigenvalue weighted by molar-refractivity contribution is -0.116. The van der Waals surface area contributed by atoms with Crippen LogP contribution in [0.5, 0.6) is 0 Å². The van der Waals surface area contributed by atoms with Crippen LogP contribution >= 0.6 is 0 Å². The standard InChI is InChI=1S/C22H28N4O3/c1-5-19(27)24-17-10-7-11-18(13-17)25-20(28)14-23-16-9-6-8-15(12-16)21(29)26-22(2,3)4/h6-13,23H,5,14H2,1-4H3,(H,24,27)(H,25,28)(H,26,29). The second kappa shape index (κ2) is 9.73. The van der Waals surface area contributed by atoms with Gasteiger partial charge < -0.3 is 21.3 Å². The van der Waals surface area contributed by atoms with Gasteiger partial charge in [0.25, 0.3) is 5.91 Å². The topological polar surface area (TPSA) is 99.3 Å². The second-order valence-electron chi connectivity index (χ2n) is 7.67. The van der Waals surface area contributed by atoms with Crippen molar-refractivity contribution in [1.82, 2.24) is 5.32 Å². The van der Waals surface area contributed by atoms with Crippen LogP contribution < -0.4 is 21.3 Å². The molecule has 0 saturated heterocycles. The molecule has 0 aliphatic heterocycles. The minimum Gasteiger partial charge on any atom is -0.376 e. The number of hydrogen-bond acceptors (Lipinski definition) is 4. The average molecular weight is 396 g/mol. The van der Waals surface area contributed by atoms with E-state index in [4.69, 9.17) is 0 Å². The third-order valence-electron chi connectivity index (χ3n) is 3.82. The number of benzene rings is 2. The molecule has 154 valence electrons. The molecule has 4 N–H and O–H groups in total. The molecule has 0 atom stereocenters. The summed E-state index contributed by atoms with van der Waals surface area (Å²) in [5.41, 5.74) is 2.07. The molecule has 0 heterocycles. The van der Waals surface area contributed by atoms with Crippen LogP contribution in [0.15, 0.2) is 48.5 Å². The van der Waals surface area contributed by atoms with Crippen LogP contribution in [-0.2, 0) is 9.59 Å². The van der Waals surface area contributed by atoms with Crippen LogP contribution in [0.1, 0.15) is 44.5 Å². The molecule has 0 spiro atoms. The van der Waals surface area contributed by atoms with Gasteiger partial charge in [-0.3, -0.25) is 14.4 Å². The van der Waals surface area contributed by atoms with E-state index in [0.29, 0.717) is 29.0 Å². The summed E-state index contributed by atoms with van der Waals surface area (Å²) in [6.45, 7) is 7.56. The third-order valence-corrected chi connectivity index (χ3v) is 3.82. The lowest BCUT2D eigenvalue weighted by Gasteiger charge is -2.20. The van der Waals surface area contributed by atoms with Gasteiger partial charge in [-0.15, -0.1) is 0 Å². The molecule has 0 unspecified atom stereocenters. The first-order valence-electron chi connectivity index (χ1n) is 9.52. The number of anilines is 3. The third kappa shape index (κ3) is 7.65. The monoisotopic (exact) mass is 396 g/mol. The van der Waals surface area contributed by atoms with Gasteiger partial charge in [0.05, 0.1) is 6.54 Å². The molecule has 0 bridgehead atoms. The summed E-state index contributed by atoms with van der Waals surface area (Å²) in [5, 5.41) is 11.5. The Morgan fingerprint density at radius 2 is 1.41 bits per heavy atom. The number of rotatable bonds is 7. The summed E-state index contributed by atoms with van der Waals surface area (Å²) in [6, 6.07) is 13.9. The van der Waals surface area contributed by atoms with Crippen LogP contribution in [-0.4, -0.2) is 29.8 Å². The zero-order valence-corrected chi connectivity index (χ0v) is 17.3. The minimum atomic E-state index is -0.328. The first-order chi connectivity index (χ1) is 13.7. The first kappa shape index (κ1) is 21.9. The maximum atomic E-state index is 12.3. The fourth-order valence-electron chi connectivity index (χ4n) is 2.49. The zero-order chi connectivity index (χ0) is 21.4. The van der Waals surface area contributed by atoms with Crippen molar-refractivity contribution in [3.63, 3.8) is 0 Å². The molecule has 29 heavy (non-hydrogen) atoms. The van der Waals surface area contributed by atoms with E-state index in [1.807, 2.05) is 20.8 Å². The van der Waals surface area contributed by atoms with Gasteiger partial charge >= 0.3 is 0 Å². The van der Waals surface area contributed by atoms with Gasteiger partial charge in [0.15, 0.2) is 0 Å². The van der Waals surface area contributed by atoms with Gasteiger partial charge in [0.1, 0.15) is 0 Å². The van der Waals surface area contributed by atoms with Gasteiger partial charge in [-0.05, 0) is 57.2 Å². The van der Waals surface area contributed by atoms with Gasteiger partial charge in [0, 0.05) is 34.6 Å². The number of hydrogen-bond donors (Lipinski definition) is 4. The SMILES string of the molecule is CCC(=O)Nc1cccc(NC(=O)CNc2cccc(C(=O)NC(C)(C)C)c2)c1. The largest absolute Gasteiger partial charge is 0.376 e. The average Bonchev–Trinajstić information content (AvgIpc) is 2.65. The highest BCUT2D eigenvalue weighted by atomic mass is 16.2. The van der Waals surface area contributed by atoms with E-state index in [0.717, 1.165) is 0 Å². The van der Waals surface area contributed by atoms with E-state index < -0.39 is 0 Å². The predicted octanol–water partition coefficient (Wildman–Crippen LogP) is 3.61. The summed E-state index contributed by atoms with van der Waals surface area (Å²) < 4.78 is 0. The fraction of sp³-hybridized carbons (Fsp3) is 0.318. The molecule has 0 radical (unpaired) electrons. The summed E-state index contributed by atoms with van der Waals surface area (Å²) in [5.74, 6) is -0.504. The van der Waals surface area contributed by atoms with Crippen LogP contribution in [0.3, 0.4) is 0 Å². The van der Waals surface area contributed by atoms with E-state index >= 15 is 0 Å². The van der Waals surface area contributed by atoms with Gasteiger partial charge in [-0.25, -0.2) is 0 Å². The van der Waals surface area contributed by atoms with E-state index in [-0.39, 0.29) is 29.8 Å². The Hall–Kier alpha value is -3.35. The first-order valence-corrected chi connectivity index (χ1v) is 9.52. The summed E-state index contributed by atoms with van der Waals surface area (Å²) in [4.78, 5) is 36.0. The molecule has 3 amide bonds. The summed E-state index contributed by atoms with van der Waals surface area (Å²) in [7, 11) is 0. The number of nitrogens with one attached hydrogen (secondary N) is 4. The van der Waals surface area contributed by atoms with Crippen LogP contribution in [0.25, 0.3) is 0 Å². The smallest absolute Gasteiger partial charge is 0.251 e. The highest BCUT2D eigenvalue weighted by molar-refractivity contribution is 5.97. The molecular formula is C22H28N4O3. The molecular weight excluding hydrogens is 368 g/mol. The Morgan fingerprint density at radius 3 is 2.03 bits per heavy atom. The van der Waals surface area contributed by atoms with Gasteiger partial charge in [0.2, 0.25) is 11.8 Å². The highest BCUT2D eigenvalue weighted by Gasteiger charge is 2.15. The molecule has 7 heteroatoms. The Labute approximate surface area is 171 Å². The van der Waals surface area contributed by atoms with E-state index in [1.54, 1.807) is 55.5 Å². The highest BCUT2D eigenvalue weighted by Crippen LogP contribution is 2.16. The summed E-state index contributed by atoms with van der Waals surface area (Å²) >= 11 is 0. The molecule has 0 fully saturated rings. The molecule has 0 saturated carbocycles. The van der Waals surface area contributed by atoms with Gasteiger partial charge in [-0.2, -0.15) is 0 Å². The Balaban J connectivity index is 1.93. The van der Waals surface area contributed by atoms with Crippen LogP contribution in [0, 0.1) is 0 Å². The molecule has 0 aliphatic carbocycles. The molecule has 0 aliphatic rings. The van der Waals surface area contributed by atoms with Crippen LogP contribution in [0.4, 0.5) is 17.1 Å².